The summed E-state index contributed by atoms with van der Waals surface area (Å²) in [7, 11) is 0. The van der Waals surface area contributed by atoms with Crippen LogP contribution >= 0.6 is 0 Å². The van der Waals surface area contributed by atoms with E-state index in [0.29, 0.717) is 6.54 Å². The lowest BCUT2D eigenvalue weighted by molar-refractivity contribution is -0.123. The van der Waals surface area contributed by atoms with Crippen LogP contribution in [0.4, 0.5) is 5.82 Å². The Bertz CT molecular complexity index is 494. The Balaban J connectivity index is 1.84. The lowest BCUT2D eigenvalue weighted by atomic mass is 9.99. The van der Waals surface area contributed by atoms with E-state index in [1.165, 1.54) is 12.8 Å². The molecule has 0 aliphatic carbocycles. The van der Waals surface area contributed by atoms with E-state index in [1.54, 1.807) is 0 Å². The minimum atomic E-state index is -0.442. The average Bonchev–Trinajstić information content (AvgIpc) is 2.59. The molecule has 128 valence electrons. The number of piperidine rings is 1. The first kappa shape index (κ1) is 17.7. The number of nitrogens with one attached hydrogen (secondary N) is 1. The second-order valence-electron chi connectivity index (χ2n) is 6.82. The van der Waals surface area contributed by atoms with Crippen LogP contribution in [0.1, 0.15) is 45.6 Å². The summed E-state index contributed by atoms with van der Waals surface area (Å²) in [6, 6.07) is 3.64. The van der Waals surface area contributed by atoms with Crippen LogP contribution in [-0.4, -0.2) is 30.0 Å². The normalized spacial score (nSPS) is 18.5. The van der Waals surface area contributed by atoms with Crippen molar-refractivity contribution in [3.05, 3.63) is 23.9 Å². The topological polar surface area (TPSA) is 71.2 Å². The SMILES string of the molecule is CCC(C)C(N)C(=O)NCc1ccc(N2CCC(C)CC2)nc1. The maximum absolute atomic E-state index is 12.0. The van der Waals surface area contributed by atoms with Crippen LogP contribution in [0.2, 0.25) is 0 Å². The average molecular weight is 318 g/mol. The molecule has 1 fully saturated rings. The molecule has 0 spiro atoms. The number of amides is 1. The Morgan fingerprint density at radius 2 is 2.13 bits per heavy atom. The van der Waals surface area contributed by atoms with Crippen molar-refractivity contribution in [2.45, 2.75) is 52.6 Å². The van der Waals surface area contributed by atoms with Crippen molar-refractivity contribution in [1.82, 2.24) is 10.3 Å². The van der Waals surface area contributed by atoms with Crippen molar-refractivity contribution >= 4 is 11.7 Å². The molecule has 0 radical (unpaired) electrons. The van der Waals surface area contributed by atoms with Crippen molar-refractivity contribution in [1.29, 1.82) is 0 Å². The highest BCUT2D eigenvalue weighted by Gasteiger charge is 2.19. The van der Waals surface area contributed by atoms with Crippen LogP contribution < -0.4 is 16.0 Å². The highest BCUT2D eigenvalue weighted by molar-refractivity contribution is 5.81. The van der Waals surface area contributed by atoms with Gasteiger partial charge in [-0.3, -0.25) is 4.79 Å². The van der Waals surface area contributed by atoms with Gasteiger partial charge in [0.2, 0.25) is 5.91 Å². The molecule has 1 saturated heterocycles. The van der Waals surface area contributed by atoms with E-state index < -0.39 is 6.04 Å². The molecule has 23 heavy (non-hydrogen) atoms. The van der Waals surface area contributed by atoms with Crippen LogP contribution in [0.15, 0.2) is 18.3 Å². The zero-order chi connectivity index (χ0) is 16.8. The first-order valence-electron chi connectivity index (χ1n) is 8.74. The fourth-order valence-corrected chi connectivity index (χ4v) is 2.77. The van der Waals surface area contributed by atoms with Gasteiger partial charge in [0.05, 0.1) is 6.04 Å². The second kappa shape index (κ2) is 8.29. The van der Waals surface area contributed by atoms with Gasteiger partial charge in [0.15, 0.2) is 0 Å². The Labute approximate surface area is 139 Å². The summed E-state index contributed by atoms with van der Waals surface area (Å²) in [6.07, 6.45) is 5.21. The fraction of sp³-hybridized carbons (Fsp3) is 0.667. The summed E-state index contributed by atoms with van der Waals surface area (Å²) in [5.74, 6) is 1.95. The van der Waals surface area contributed by atoms with Crippen LogP contribution in [-0.2, 0) is 11.3 Å². The third-order valence-corrected chi connectivity index (χ3v) is 4.94. The second-order valence-corrected chi connectivity index (χ2v) is 6.82. The summed E-state index contributed by atoms with van der Waals surface area (Å²) < 4.78 is 0. The van der Waals surface area contributed by atoms with Gasteiger partial charge in [-0.05, 0) is 36.3 Å². The third kappa shape index (κ3) is 4.93. The van der Waals surface area contributed by atoms with E-state index >= 15 is 0 Å². The quantitative estimate of drug-likeness (QED) is 0.844. The number of carbonyl (C=O) groups is 1. The van der Waals surface area contributed by atoms with E-state index in [-0.39, 0.29) is 11.8 Å². The summed E-state index contributed by atoms with van der Waals surface area (Å²) in [4.78, 5) is 18.9. The number of pyridine rings is 1. The van der Waals surface area contributed by atoms with Crippen LogP contribution in [0.3, 0.4) is 0 Å². The molecular weight excluding hydrogens is 288 g/mol. The Morgan fingerprint density at radius 3 is 2.70 bits per heavy atom. The molecule has 2 unspecified atom stereocenters. The van der Waals surface area contributed by atoms with Gasteiger partial charge in [0, 0.05) is 25.8 Å². The summed E-state index contributed by atoms with van der Waals surface area (Å²) in [5, 5.41) is 2.90. The van der Waals surface area contributed by atoms with Gasteiger partial charge in [-0.15, -0.1) is 0 Å². The molecule has 0 bridgehead atoms. The highest BCUT2D eigenvalue weighted by atomic mass is 16.2. The highest BCUT2D eigenvalue weighted by Crippen LogP contribution is 2.21. The van der Waals surface area contributed by atoms with Gasteiger partial charge in [-0.1, -0.05) is 33.3 Å². The molecule has 5 nitrogen and oxygen atoms in total. The van der Waals surface area contributed by atoms with Gasteiger partial charge in [0.25, 0.3) is 0 Å². The number of hydrogen-bond donors (Lipinski definition) is 2. The molecule has 2 heterocycles. The van der Waals surface area contributed by atoms with Gasteiger partial charge in [-0.2, -0.15) is 0 Å². The minimum Gasteiger partial charge on any atom is -0.357 e. The number of nitrogens with two attached hydrogens (primary N) is 1. The van der Waals surface area contributed by atoms with E-state index in [9.17, 15) is 4.79 Å². The van der Waals surface area contributed by atoms with Crippen molar-refractivity contribution < 1.29 is 4.79 Å². The molecule has 3 N–H and O–H groups in total. The summed E-state index contributed by atoms with van der Waals surface area (Å²) in [5.41, 5.74) is 6.94. The zero-order valence-corrected chi connectivity index (χ0v) is 14.6. The number of carbonyl (C=O) groups excluding carboxylic acids is 1. The van der Waals surface area contributed by atoms with E-state index in [2.05, 4.69) is 22.1 Å². The molecule has 1 aliphatic rings. The molecule has 1 aliphatic heterocycles. The predicted octanol–water partition coefficient (Wildman–Crippen LogP) is 2.31. The number of hydrogen-bond acceptors (Lipinski definition) is 4. The fourth-order valence-electron chi connectivity index (χ4n) is 2.77. The smallest absolute Gasteiger partial charge is 0.237 e. The van der Waals surface area contributed by atoms with E-state index in [4.69, 9.17) is 5.73 Å². The minimum absolute atomic E-state index is 0.0894. The number of rotatable bonds is 6. The van der Waals surface area contributed by atoms with Gasteiger partial charge in [0.1, 0.15) is 5.82 Å². The first-order valence-corrected chi connectivity index (χ1v) is 8.74. The summed E-state index contributed by atoms with van der Waals surface area (Å²) >= 11 is 0. The monoisotopic (exact) mass is 318 g/mol. The largest absolute Gasteiger partial charge is 0.357 e. The van der Waals surface area contributed by atoms with E-state index in [0.717, 1.165) is 36.8 Å². The van der Waals surface area contributed by atoms with Gasteiger partial charge in [-0.25, -0.2) is 4.98 Å². The van der Waals surface area contributed by atoms with Crippen molar-refractivity contribution in [2.24, 2.45) is 17.6 Å². The molecule has 2 rings (SSSR count). The predicted molar refractivity (Wildman–Crippen MR) is 94.1 cm³/mol. The molecule has 5 heteroatoms. The molecule has 2 atom stereocenters. The molecule has 1 aromatic heterocycles. The molecule has 0 saturated carbocycles. The molecular formula is C18H30N4O. The first-order chi connectivity index (χ1) is 11.0. The van der Waals surface area contributed by atoms with Gasteiger partial charge < -0.3 is 16.0 Å². The van der Waals surface area contributed by atoms with Gasteiger partial charge >= 0.3 is 0 Å². The number of anilines is 1. The zero-order valence-electron chi connectivity index (χ0n) is 14.6. The van der Waals surface area contributed by atoms with Crippen LogP contribution in [0.25, 0.3) is 0 Å². The Hall–Kier alpha value is -1.62. The third-order valence-electron chi connectivity index (χ3n) is 4.94. The van der Waals surface area contributed by atoms with Crippen molar-refractivity contribution in [3.63, 3.8) is 0 Å². The molecule has 1 aromatic rings. The molecule has 1 amide bonds. The summed E-state index contributed by atoms with van der Waals surface area (Å²) in [6.45, 7) is 8.98. The maximum Gasteiger partial charge on any atom is 0.237 e. The number of nitrogens with zero attached hydrogens (tertiary/aromatic N) is 2. The van der Waals surface area contributed by atoms with E-state index in [1.807, 2.05) is 32.2 Å². The standard InChI is InChI=1S/C18H30N4O/c1-4-14(3)17(19)18(23)21-12-15-5-6-16(20-11-15)22-9-7-13(2)8-10-22/h5-6,11,13-14,17H,4,7-10,12,19H2,1-3H3,(H,21,23). The number of aromatic nitrogens is 1. The Morgan fingerprint density at radius 1 is 1.43 bits per heavy atom. The Kier molecular flexibility index (Phi) is 6.39. The van der Waals surface area contributed by atoms with Crippen LogP contribution in [0.5, 0.6) is 0 Å². The van der Waals surface area contributed by atoms with Crippen LogP contribution in [0, 0.1) is 11.8 Å². The molecule has 0 aromatic carbocycles. The van der Waals surface area contributed by atoms with Crippen molar-refractivity contribution in [2.75, 3.05) is 18.0 Å². The lowest BCUT2D eigenvalue weighted by Gasteiger charge is -2.31. The lowest BCUT2D eigenvalue weighted by Crippen LogP contribution is -2.44. The van der Waals surface area contributed by atoms with Crippen molar-refractivity contribution in [3.8, 4) is 0 Å². The maximum atomic E-state index is 12.0.